The van der Waals surface area contributed by atoms with Crippen LogP contribution < -0.4 is 5.32 Å². The van der Waals surface area contributed by atoms with Gasteiger partial charge in [-0.1, -0.05) is 36.4 Å². The van der Waals surface area contributed by atoms with Gasteiger partial charge in [0.1, 0.15) is 0 Å². The Morgan fingerprint density at radius 3 is 2.61 bits per heavy atom. The van der Waals surface area contributed by atoms with Crippen molar-refractivity contribution in [3.05, 3.63) is 58.3 Å². The van der Waals surface area contributed by atoms with Gasteiger partial charge in [-0.25, -0.2) is 0 Å². The lowest BCUT2D eigenvalue weighted by Crippen LogP contribution is -2.50. The Labute approximate surface area is 172 Å². The third kappa shape index (κ3) is 5.22. The third-order valence-electron chi connectivity index (χ3n) is 6.17. The van der Waals surface area contributed by atoms with Crippen LogP contribution in [0.4, 0.5) is 0 Å². The Morgan fingerprint density at radius 1 is 1.04 bits per heavy atom. The van der Waals surface area contributed by atoms with Crippen molar-refractivity contribution in [3.8, 4) is 0 Å². The maximum Gasteiger partial charge on any atom is 0.224 e. The first-order valence-corrected chi connectivity index (χ1v) is 11.5. The van der Waals surface area contributed by atoms with E-state index in [4.69, 9.17) is 0 Å². The maximum atomic E-state index is 12.7. The number of thiophene rings is 1. The smallest absolute Gasteiger partial charge is 0.224 e. The first kappa shape index (κ1) is 19.6. The predicted octanol–water partition coefficient (Wildman–Crippen LogP) is 3.74. The van der Waals surface area contributed by atoms with E-state index in [1.807, 2.05) is 29.5 Å². The van der Waals surface area contributed by atoms with Crippen LogP contribution in [0.3, 0.4) is 0 Å². The molecule has 5 heteroatoms. The highest BCUT2D eigenvalue weighted by molar-refractivity contribution is 7.09. The number of hydrogen-bond acceptors (Lipinski definition) is 4. The normalized spacial score (nSPS) is 22.2. The lowest BCUT2D eigenvalue weighted by molar-refractivity contribution is -0.127. The zero-order chi connectivity index (χ0) is 19.2. The zero-order valence-electron chi connectivity index (χ0n) is 16.6. The molecule has 0 saturated carbocycles. The Kier molecular flexibility index (Phi) is 6.78. The lowest BCUT2D eigenvalue weighted by atomic mass is 9.93. The van der Waals surface area contributed by atoms with Gasteiger partial charge in [0.05, 0.1) is 5.92 Å². The van der Waals surface area contributed by atoms with Gasteiger partial charge in [0.25, 0.3) is 0 Å². The van der Waals surface area contributed by atoms with E-state index in [2.05, 4.69) is 44.8 Å². The Morgan fingerprint density at radius 2 is 1.86 bits per heavy atom. The number of carbonyl (C=O) groups excluding carboxylic acids is 1. The molecule has 28 heavy (non-hydrogen) atoms. The van der Waals surface area contributed by atoms with Crippen molar-refractivity contribution in [1.29, 1.82) is 0 Å². The molecule has 3 heterocycles. The molecule has 0 aliphatic carbocycles. The number of nitrogens with zero attached hydrogens (tertiary/aromatic N) is 2. The summed E-state index contributed by atoms with van der Waals surface area (Å²) in [6, 6.07) is 15.2. The van der Waals surface area contributed by atoms with Gasteiger partial charge in [-0.2, -0.15) is 0 Å². The fourth-order valence-electron chi connectivity index (χ4n) is 4.55. The Balaban J connectivity index is 1.23. The van der Waals surface area contributed by atoms with Crippen LogP contribution in [0.5, 0.6) is 0 Å². The fraction of sp³-hybridized carbons (Fsp3) is 0.522. The van der Waals surface area contributed by atoms with Crippen LogP contribution in [0.2, 0.25) is 0 Å². The molecule has 2 aliphatic rings. The van der Waals surface area contributed by atoms with Gasteiger partial charge >= 0.3 is 0 Å². The van der Waals surface area contributed by atoms with Crippen molar-refractivity contribution in [2.75, 3.05) is 26.2 Å². The largest absolute Gasteiger partial charge is 0.352 e. The summed E-state index contributed by atoms with van der Waals surface area (Å²) >= 11 is 1.86. The highest BCUT2D eigenvalue weighted by Gasteiger charge is 2.31. The highest BCUT2D eigenvalue weighted by Crippen LogP contribution is 2.25. The maximum absolute atomic E-state index is 12.7. The molecule has 2 saturated heterocycles. The molecular formula is C23H31N3OS. The minimum atomic E-state index is 0.140. The van der Waals surface area contributed by atoms with Gasteiger partial charge in [-0.15, -0.1) is 11.3 Å². The second-order valence-corrected chi connectivity index (χ2v) is 9.16. The first-order valence-electron chi connectivity index (χ1n) is 10.6. The molecule has 4 rings (SSSR count). The third-order valence-corrected chi connectivity index (χ3v) is 7.03. The number of hydrogen-bond donors (Lipinski definition) is 1. The number of benzene rings is 1. The molecule has 0 bridgehead atoms. The van der Waals surface area contributed by atoms with E-state index in [0.29, 0.717) is 12.6 Å². The number of likely N-dealkylation sites (tertiary alicyclic amines) is 2. The number of rotatable bonds is 6. The minimum absolute atomic E-state index is 0.140. The van der Waals surface area contributed by atoms with Crippen LogP contribution >= 0.6 is 11.3 Å². The van der Waals surface area contributed by atoms with E-state index in [9.17, 15) is 4.79 Å². The van der Waals surface area contributed by atoms with E-state index in [0.717, 1.165) is 32.5 Å². The molecular weight excluding hydrogens is 366 g/mol. The molecule has 1 aromatic heterocycles. The summed E-state index contributed by atoms with van der Waals surface area (Å²) in [7, 11) is 0. The number of nitrogens with one attached hydrogen (secondary N) is 1. The molecule has 1 aromatic carbocycles. The SMILES string of the molecule is O=C(NCc1ccccc1)C1CCCN(C2CCN(Cc3cccs3)CC2)C1. The number of piperidine rings is 2. The van der Waals surface area contributed by atoms with Gasteiger partial charge in [-0.05, 0) is 49.2 Å². The van der Waals surface area contributed by atoms with E-state index < -0.39 is 0 Å². The monoisotopic (exact) mass is 397 g/mol. The standard InChI is InChI=1S/C23H31N3OS/c27-23(24-16-19-6-2-1-3-7-19)20-8-4-12-26(17-20)21-10-13-25(14-11-21)18-22-9-5-15-28-22/h1-3,5-7,9,15,20-21H,4,8,10-14,16-18H2,(H,24,27). The van der Waals surface area contributed by atoms with Crippen LogP contribution in [0.1, 0.15) is 36.1 Å². The van der Waals surface area contributed by atoms with Gasteiger partial charge < -0.3 is 5.32 Å². The molecule has 1 atom stereocenters. The average Bonchev–Trinajstić information content (AvgIpc) is 3.26. The second kappa shape index (κ2) is 9.68. The van der Waals surface area contributed by atoms with Crippen molar-refractivity contribution in [2.24, 2.45) is 5.92 Å². The summed E-state index contributed by atoms with van der Waals surface area (Å²) in [6.07, 6.45) is 4.61. The van der Waals surface area contributed by atoms with Crippen molar-refractivity contribution < 1.29 is 4.79 Å². The molecule has 1 unspecified atom stereocenters. The summed E-state index contributed by atoms with van der Waals surface area (Å²) in [4.78, 5) is 19.3. The van der Waals surface area contributed by atoms with E-state index >= 15 is 0 Å². The van der Waals surface area contributed by atoms with Gasteiger partial charge in [0.15, 0.2) is 0 Å². The summed E-state index contributed by atoms with van der Waals surface area (Å²) in [6.45, 7) is 6.15. The quantitative estimate of drug-likeness (QED) is 0.807. The topological polar surface area (TPSA) is 35.6 Å². The minimum Gasteiger partial charge on any atom is -0.352 e. The van der Waals surface area contributed by atoms with Crippen LogP contribution in [0.25, 0.3) is 0 Å². The molecule has 2 aliphatic heterocycles. The predicted molar refractivity (Wildman–Crippen MR) is 115 cm³/mol. The molecule has 4 nitrogen and oxygen atoms in total. The van der Waals surface area contributed by atoms with E-state index in [1.54, 1.807) is 0 Å². The summed E-state index contributed by atoms with van der Waals surface area (Å²) in [5.41, 5.74) is 1.17. The first-order chi connectivity index (χ1) is 13.8. The molecule has 0 radical (unpaired) electrons. The van der Waals surface area contributed by atoms with Crippen LogP contribution in [-0.2, 0) is 17.9 Å². The van der Waals surface area contributed by atoms with Crippen molar-refractivity contribution in [1.82, 2.24) is 15.1 Å². The van der Waals surface area contributed by atoms with Gasteiger partial charge in [0, 0.05) is 43.6 Å². The van der Waals surface area contributed by atoms with Crippen LogP contribution in [0.15, 0.2) is 47.8 Å². The summed E-state index contributed by atoms with van der Waals surface area (Å²) in [5.74, 6) is 0.366. The molecule has 1 amide bonds. The van der Waals surface area contributed by atoms with E-state index in [1.165, 1.54) is 36.4 Å². The molecule has 2 fully saturated rings. The second-order valence-electron chi connectivity index (χ2n) is 8.12. The summed E-state index contributed by atoms with van der Waals surface area (Å²) in [5, 5.41) is 5.32. The average molecular weight is 398 g/mol. The highest BCUT2D eigenvalue weighted by atomic mass is 32.1. The Hall–Kier alpha value is -1.69. The molecule has 0 spiro atoms. The van der Waals surface area contributed by atoms with E-state index in [-0.39, 0.29) is 11.8 Å². The molecule has 1 N–H and O–H groups in total. The van der Waals surface area contributed by atoms with Crippen molar-refractivity contribution in [3.63, 3.8) is 0 Å². The fourth-order valence-corrected chi connectivity index (χ4v) is 5.29. The van der Waals surface area contributed by atoms with Crippen LogP contribution in [0, 0.1) is 5.92 Å². The van der Waals surface area contributed by atoms with Gasteiger partial charge in [-0.3, -0.25) is 14.6 Å². The van der Waals surface area contributed by atoms with Gasteiger partial charge in [0.2, 0.25) is 5.91 Å². The number of carbonyl (C=O) groups is 1. The Bertz CT molecular complexity index is 726. The summed E-state index contributed by atoms with van der Waals surface area (Å²) < 4.78 is 0. The molecule has 150 valence electrons. The van der Waals surface area contributed by atoms with Crippen LogP contribution in [-0.4, -0.2) is 47.9 Å². The molecule has 2 aromatic rings. The zero-order valence-corrected chi connectivity index (χ0v) is 17.4. The van der Waals surface area contributed by atoms with Crippen molar-refractivity contribution in [2.45, 2.75) is 44.8 Å². The number of amides is 1. The lowest BCUT2D eigenvalue weighted by Gasteiger charge is -2.42. The van der Waals surface area contributed by atoms with Crippen molar-refractivity contribution >= 4 is 17.2 Å².